The van der Waals surface area contributed by atoms with Crippen molar-refractivity contribution >= 4 is 27.5 Å². The van der Waals surface area contributed by atoms with Gasteiger partial charge in [-0.3, -0.25) is 13.9 Å². The van der Waals surface area contributed by atoms with Gasteiger partial charge in [-0.1, -0.05) is 18.2 Å². The van der Waals surface area contributed by atoms with E-state index in [-0.39, 0.29) is 35.3 Å². The van der Waals surface area contributed by atoms with Gasteiger partial charge in [0, 0.05) is 11.6 Å². The van der Waals surface area contributed by atoms with E-state index in [1.807, 2.05) is 0 Å². The van der Waals surface area contributed by atoms with Crippen molar-refractivity contribution in [3.05, 3.63) is 72.3 Å². The molecule has 0 aromatic heterocycles. The lowest BCUT2D eigenvalue weighted by atomic mass is 10.2. The monoisotopic (exact) mass is 483 g/mol. The number of hydrogen-bond acceptors (Lipinski definition) is 4. The highest BCUT2D eigenvalue weighted by Crippen LogP contribution is 2.33. The van der Waals surface area contributed by atoms with Gasteiger partial charge in [-0.05, 0) is 50.2 Å². The van der Waals surface area contributed by atoms with Gasteiger partial charge in [-0.15, -0.1) is 6.58 Å². The van der Waals surface area contributed by atoms with Crippen molar-refractivity contribution in [3.63, 3.8) is 0 Å². The molecule has 2 aromatic carbocycles. The van der Waals surface area contributed by atoms with Crippen molar-refractivity contribution < 1.29 is 31.2 Å². The Labute approximate surface area is 190 Å². The predicted octanol–water partition coefficient (Wildman–Crippen LogP) is 3.34. The number of alkyl halides is 3. The second kappa shape index (κ2) is 10.5. The Bertz CT molecular complexity index is 1130. The maximum Gasteiger partial charge on any atom is 0.416 e. The molecule has 0 aliphatic rings. The molecule has 7 nitrogen and oxygen atoms in total. The van der Waals surface area contributed by atoms with Gasteiger partial charge >= 0.3 is 6.18 Å². The van der Waals surface area contributed by atoms with Crippen LogP contribution in [0.1, 0.15) is 29.8 Å². The summed E-state index contributed by atoms with van der Waals surface area (Å²) in [7, 11) is -4.35. The largest absolute Gasteiger partial charge is 0.416 e. The zero-order chi connectivity index (χ0) is 24.8. The number of rotatable bonds is 9. The molecule has 0 aliphatic heterocycles. The molecular weight excluding hydrogens is 459 g/mol. The average molecular weight is 484 g/mol. The third kappa shape index (κ3) is 6.82. The highest BCUT2D eigenvalue weighted by Gasteiger charge is 2.32. The summed E-state index contributed by atoms with van der Waals surface area (Å²) in [6.07, 6.45) is -3.42. The highest BCUT2D eigenvalue weighted by atomic mass is 32.2. The molecule has 0 atom stereocenters. The molecule has 2 amide bonds. The number of halogens is 3. The zero-order valence-electron chi connectivity index (χ0n) is 18.0. The smallest absolute Gasteiger partial charge is 0.352 e. The van der Waals surface area contributed by atoms with Crippen LogP contribution in [0, 0.1) is 0 Å². The van der Waals surface area contributed by atoms with Crippen LogP contribution in [0.2, 0.25) is 0 Å². The van der Waals surface area contributed by atoms with Crippen molar-refractivity contribution in [3.8, 4) is 0 Å². The van der Waals surface area contributed by atoms with E-state index < -0.39 is 33.6 Å². The lowest BCUT2D eigenvalue weighted by molar-refractivity contribution is -0.137. The van der Waals surface area contributed by atoms with Gasteiger partial charge in [0.1, 0.15) is 0 Å². The summed E-state index contributed by atoms with van der Waals surface area (Å²) < 4.78 is 66.6. The van der Waals surface area contributed by atoms with Crippen LogP contribution in [-0.4, -0.2) is 39.4 Å². The van der Waals surface area contributed by atoms with Crippen molar-refractivity contribution in [2.75, 3.05) is 17.4 Å². The lowest BCUT2D eigenvalue weighted by Crippen LogP contribution is -2.39. The molecule has 0 heterocycles. The molecule has 2 N–H and O–H groups in total. The Morgan fingerprint density at radius 3 is 2.39 bits per heavy atom. The molecule has 0 saturated heterocycles. The number of sulfonamides is 1. The maximum atomic E-state index is 13.2. The first-order valence-electron chi connectivity index (χ1n) is 9.84. The molecule has 0 fully saturated rings. The van der Waals surface area contributed by atoms with Crippen molar-refractivity contribution in [2.45, 2.75) is 31.0 Å². The second-order valence-corrected chi connectivity index (χ2v) is 9.17. The van der Waals surface area contributed by atoms with E-state index in [2.05, 4.69) is 17.2 Å². The first kappa shape index (κ1) is 25.9. The number of nitrogens with one attached hydrogen (secondary N) is 2. The van der Waals surface area contributed by atoms with Gasteiger partial charge in [-0.2, -0.15) is 13.2 Å². The quantitative estimate of drug-likeness (QED) is 0.535. The van der Waals surface area contributed by atoms with Gasteiger partial charge in [-0.25, -0.2) is 8.42 Å². The molecule has 178 valence electrons. The normalized spacial score (nSPS) is 11.7. The summed E-state index contributed by atoms with van der Waals surface area (Å²) in [5.74, 6) is -1.09. The molecule has 11 heteroatoms. The van der Waals surface area contributed by atoms with Crippen LogP contribution in [-0.2, 0) is 21.0 Å². The number of hydrogen-bond donors (Lipinski definition) is 2. The maximum absolute atomic E-state index is 13.2. The van der Waals surface area contributed by atoms with E-state index in [4.69, 9.17) is 0 Å². The fourth-order valence-electron chi connectivity index (χ4n) is 2.86. The third-order valence-electron chi connectivity index (χ3n) is 4.30. The number of amides is 2. The van der Waals surface area contributed by atoms with Crippen LogP contribution in [0.4, 0.5) is 18.9 Å². The Balaban J connectivity index is 2.35. The van der Waals surface area contributed by atoms with Crippen molar-refractivity contribution in [1.29, 1.82) is 0 Å². The molecule has 0 aliphatic carbocycles. The molecule has 0 saturated carbocycles. The van der Waals surface area contributed by atoms with E-state index in [0.29, 0.717) is 0 Å². The molecular formula is C22H24F3N3O4S. The standard InChI is InChI=1S/C22H24F3N3O4S/c1-4-11-28(18-9-6-8-17(13-18)22(23,24)25)33(31,32)19-10-5-7-16(12-19)21(30)26-14-20(29)27-15(2)3/h4-10,12-13,15H,1,11,14H2,2-3H3,(H,26,30)(H,27,29). The summed E-state index contributed by atoms with van der Waals surface area (Å²) in [6, 6.07) is 8.79. The number of anilines is 1. The van der Waals surface area contributed by atoms with Crippen molar-refractivity contribution in [1.82, 2.24) is 10.6 Å². The SMILES string of the molecule is C=CCN(c1cccc(C(F)(F)F)c1)S(=O)(=O)c1cccc(C(=O)NCC(=O)NC(C)C)c1. The minimum atomic E-state index is -4.65. The van der Waals surface area contributed by atoms with Crippen LogP contribution < -0.4 is 14.9 Å². The predicted molar refractivity (Wildman–Crippen MR) is 118 cm³/mol. The molecule has 33 heavy (non-hydrogen) atoms. The van der Waals surface area contributed by atoms with E-state index in [9.17, 15) is 31.2 Å². The average Bonchev–Trinajstić information content (AvgIpc) is 2.74. The first-order valence-corrected chi connectivity index (χ1v) is 11.3. The summed E-state index contributed by atoms with van der Waals surface area (Å²) in [4.78, 5) is 23.8. The number of carbonyl (C=O) groups excluding carboxylic acids is 2. The van der Waals surface area contributed by atoms with E-state index >= 15 is 0 Å². The second-order valence-electron chi connectivity index (χ2n) is 7.31. The summed E-state index contributed by atoms with van der Waals surface area (Å²) in [5, 5.41) is 4.99. The van der Waals surface area contributed by atoms with Gasteiger partial charge in [0.25, 0.3) is 15.9 Å². The van der Waals surface area contributed by atoms with E-state index in [1.54, 1.807) is 13.8 Å². The van der Waals surface area contributed by atoms with Crippen LogP contribution in [0.3, 0.4) is 0 Å². The van der Waals surface area contributed by atoms with Gasteiger partial charge in [0.2, 0.25) is 5.91 Å². The Kier molecular flexibility index (Phi) is 8.26. The number of benzene rings is 2. The molecule has 0 bridgehead atoms. The van der Waals surface area contributed by atoms with E-state index in [0.717, 1.165) is 28.6 Å². The first-order chi connectivity index (χ1) is 15.4. The Morgan fingerprint density at radius 2 is 1.79 bits per heavy atom. The molecule has 0 spiro atoms. The number of carbonyl (C=O) groups is 2. The van der Waals surface area contributed by atoms with Crippen LogP contribution in [0.15, 0.2) is 66.1 Å². The van der Waals surface area contributed by atoms with Gasteiger partial charge in [0.15, 0.2) is 0 Å². The fraction of sp³-hybridized carbons (Fsp3) is 0.273. The molecule has 0 radical (unpaired) electrons. The summed E-state index contributed by atoms with van der Waals surface area (Å²) >= 11 is 0. The molecule has 2 rings (SSSR count). The molecule has 2 aromatic rings. The van der Waals surface area contributed by atoms with E-state index in [1.165, 1.54) is 30.3 Å². The summed E-state index contributed by atoms with van der Waals surface area (Å²) in [6.45, 7) is 6.39. The fourth-order valence-corrected chi connectivity index (χ4v) is 4.33. The third-order valence-corrected chi connectivity index (χ3v) is 6.09. The van der Waals surface area contributed by atoms with Gasteiger partial charge in [0.05, 0.1) is 29.2 Å². The van der Waals surface area contributed by atoms with Crippen LogP contribution in [0.25, 0.3) is 0 Å². The number of nitrogens with zero attached hydrogens (tertiary/aromatic N) is 1. The Morgan fingerprint density at radius 1 is 1.12 bits per heavy atom. The topological polar surface area (TPSA) is 95.6 Å². The zero-order valence-corrected chi connectivity index (χ0v) is 18.8. The van der Waals surface area contributed by atoms with Gasteiger partial charge < -0.3 is 10.6 Å². The Hall–Kier alpha value is -3.34. The molecule has 0 unspecified atom stereocenters. The minimum absolute atomic E-state index is 0.0315. The summed E-state index contributed by atoms with van der Waals surface area (Å²) in [5.41, 5.74) is -1.24. The minimum Gasteiger partial charge on any atom is -0.352 e. The highest BCUT2D eigenvalue weighted by molar-refractivity contribution is 7.92. The lowest BCUT2D eigenvalue weighted by Gasteiger charge is -2.24. The van der Waals surface area contributed by atoms with Crippen LogP contribution >= 0.6 is 0 Å². The van der Waals surface area contributed by atoms with Crippen LogP contribution in [0.5, 0.6) is 0 Å². The van der Waals surface area contributed by atoms with Crippen molar-refractivity contribution in [2.24, 2.45) is 0 Å².